The van der Waals surface area contributed by atoms with E-state index >= 15 is 0 Å². The Balaban J connectivity index is 2.56. The highest BCUT2D eigenvalue weighted by Crippen LogP contribution is 2.21. The van der Waals surface area contributed by atoms with Crippen LogP contribution in [0.2, 0.25) is 0 Å². The summed E-state index contributed by atoms with van der Waals surface area (Å²) in [6, 6.07) is 9.91. The van der Waals surface area contributed by atoms with Crippen LogP contribution in [0.5, 0.6) is 0 Å². The number of carbonyl (C=O) groups excluding carboxylic acids is 1. The highest BCUT2D eigenvalue weighted by atomic mass is 16.3. The van der Waals surface area contributed by atoms with Crippen molar-refractivity contribution in [1.29, 1.82) is 0 Å². The molecule has 2 unspecified atom stereocenters. The van der Waals surface area contributed by atoms with E-state index < -0.39 is 0 Å². The van der Waals surface area contributed by atoms with Crippen LogP contribution in [-0.4, -0.2) is 35.6 Å². The number of aliphatic hydroxyl groups excluding tert-OH is 1. The molecule has 2 atom stereocenters. The van der Waals surface area contributed by atoms with E-state index in [1.807, 2.05) is 36.4 Å². The number of hydrogen-bond donors (Lipinski definition) is 1. The van der Waals surface area contributed by atoms with E-state index in [1.165, 1.54) is 0 Å². The molecule has 1 N–H and O–H groups in total. The van der Waals surface area contributed by atoms with Crippen molar-refractivity contribution in [2.45, 2.75) is 31.8 Å². The minimum atomic E-state index is -0.375. The first-order valence-corrected chi connectivity index (χ1v) is 6.64. The van der Waals surface area contributed by atoms with Crippen LogP contribution in [0.15, 0.2) is 43.0 Å². The predicted molar refractivity (Wildman–Crippen MR) is 77.9 cm³/mol. The molecule has 3 nitrogen and oxygen atoms in total. The Bertz CT molecular complexity index is 400. The van der Waals surface area contributed by atoms with Gasteiger partial charge in [0, 0.05) is 25.9 Å². The standard InChI is InChI=1S/C16H23NO2/c1-4-14(15-8-6-5-7-9-15)12-16(19)17(3)11-10-13(2)18/h4-9,13-14,18H,1,10-12H2,2-3H3. The third-order valence-electron chi connectivity index (χ3n) is 3.21. The molecule has 0 saturated heterocycles. The first-order valence-electron chi connectivity index (χ1n) is 6.64. The minimum Gasteiger partial charge on any atom is -0.393 e. The Morgan fingerprint density at radius 3 is 2.58 bits per heavy atom. The number of rotatable bonds is 7. The van der Waals surface area contributed by atoms with Gasteiger partial charge in [-0.05, 0) is 18.9 Å². The van der Waals surface area contributed by atoms with Gasteiger partial charge < -0.3 is 10.0 Å². The van der Waals surface area contributed by atoms with E-state index in [9.17, 15) is 9.90 Å². The van der Waals surface area contributed by atoms with Gasteiger partial charge in [-0.3, -0.25) is 4.79 Å². The fourth-order valence-electron chi connectivity index (χ4n) is 1.89. The van der Waals surface area contributed by atoms with Crippen molar-refractivity contribution >= 4 is 5.91 Å². The van der Waals surface area contributed by atoms with Crippen molar-refractivity contribution in [3.8, 4) is 0 Å². The molecule has 0 heterocycles. The molecular formula is C16H23NO2. The summed E-state index contributed by atoms with van der Waals surface area (Å²) in [5, 5.41) is 9.23. The molecular weight excluding hydrogens is 238 g/mol. The summed E-state index contributed by atoms with van der Waals surface area (Å²) < 4.78 is 0. The third-order valence-corrected chi connectivity index (χ3v) is 3.21. The molecule has 0 aliphatic heterocycles. The van der Waals surface area contributed by atoms with Crippen LogP contribution in [0.3, 0.4) is 0 Å². The normalized spacial score (nSPS) is 13.6. The fourth-order valence-corrected chi connectivity index (χ4v) is 1.89. The molecule has 19 heavy (non-hydrogen) atoms. The molecule has 0 saturated carbocycles. The summed E-state index contributed by atoms with van der Waals surface area (Å²) in [4.78, 5) is 13.8. The minimum absolute atomic E-state index is 0.0442. The van der Waals surface area contributed by atoms with Gasteiger partial charge in [-0.15, -0.1) is 6.58 Å². The predicted octanol–water partition coefficient (Wildman–Crippen LogP) is 2.58. The number of amides is 1. The second-order valence-electron chi connectivity index (χ2n) is 4.91. The van der Waals surface area contributed by atoms with Crippen LogP contribution in [0.1, 0.15) is 31.2 Å². The molecule has 1 aromatic carbocycles. The van der Waals surface area contributed by atoms with Crippen molar-refractivity contribution in [3.05, 3.63) is 48.6 Å². The van der Waals surface area contributed by atoms with Gasteiger partial charge >= 0.3 is 0 Å². The quantitative estimate of drug-likeness (QED) is 0.766. The zero-order valence-electron chi connectivity index (χ0n) is 11.7. The number of hydrogen-bond acceptors (Lipinski definition) is 2. The SMILES string of the molecule is C=CC(CC(=O)N(C)CCC(C)O)c1ccccc1. The van der Waals surface area contributed by atoms with Crippen molar-refractivity contribution in [3.63, 3.8) is 0 Å². The number of aliphatic hydroxyl groups is 1. The number of benzene rings is 1. The molecule has 0 aliphatic rings. The zero-order chi connectivity index (χ0) is 14.3. The largest absolute Gasteiger partial charge is 0.393 e. The van der Waals surface area contributed by atoms with Crippen LogP contribution < -0.4 is 0 Å². The van der Waals surface area contributed by atoms with E-state index in [1.54, 1.807) is 18.9 Å². The van der Waals surface area contributed by atoms with Crippen molar-refractivity contribution in [2.75, 3.05) is 13.6 Å². The molecule has 104 valence electrons. The fraction of sp³-hybridized carbons (Fsp3) is 0.438. The maximum Gasteiger partial charge on any atom is 0.223 e. The lowest BCUT2D eigenvalue weighted by atomic mass is 9.95. The Kier molecular flexibility index (Phi) is 6.30. The van der Waals surface area contributed by atoms with Crippen molar-refractivity contribution < 1.29 is 9.90 Å². The van der Waals surface area contributed by atoms with E-state index in [0.717, 1.165) is 5.56 Å². The Morgan fingerprint density at radius 2 is 2.05 bits per heavy atom. The topological polar surface area (TPSA) is 40.5 Å². The molecule has 0 spiro atoms. The summed E-state index contributed by atoms with van der Waals surface area (Å²) >= 11 is 0. The molecule has 1 rings (SSSR count). The number of allylic oxidation sites excluding steroid dienone is 1. The molecule has 1 amide bonds. The Labute approximate surface area is 115 Å². The Hall–Kier alpha value is -1.61. The average molecular weight is 261 g/mol. The molecule has 3 heteroatoms. The maximum atomic E-state index is 12.1. The van der Waals surface area contributed by atoms with Gasteiger partial charge in [0.15, 0.2) is 0 Å². The summed E-state index contributed by atoms with van der Waals surface area (Å²) in [5.41, 5.74) is 1.11. The van der Waals surface area contributed by atoms with Crippen LogP contribution in [0, 0.1) is 0 Å². The van der Waals surface area contributed by atoms with Gasteiger partial charge in [0.05, 0.1) is 6.10 Å². The van der Waals surface area contributed by atoms with Gasteiger partial charge in [-0.25, -0.2) is 0 Å². The van der Waals surface area contributed by atoms with E-state index in [4.69, 9.17) is 0 Å². The number of nitrogens with zero attached hydrogens (tertiary/aromatic N) is 1. The van der Waals surface area contributed by atoms with E-state index in [-0.39, 0.29) is 17.9 Å². The Morgan fingerprint density at radius 1 is 1.42 bits per heavy atom. The molecule has 1 aromatic rings. The van der Waals surface area contributed by atoms with Gasteiger partial charge in [-0.1, -0.05) is 36.4 Å². The van der Waals surface area contributed by atoms with E-state index in [0.29, 0.717) is 19.4 Å². The lowest BCUT2D eigenvalue weighted by Gasteiger charge is -2.20. The number of carbonyl (C=O) groups is 1. The summed E-state index contributed by atoms with van der Waals surface area (Å²) in [7, 11) is 1.77. The van der Waals surface area contributed by atoms with Crippen LogP contribution in [0.25, 0.3) is 0 Å². The maximum absolute atomic E-state index is 12.1. The second-order valence-corrected chi connectivity index (χ2v) is 4.91. The van der Waals surface area contributed by atoms with Gasteiger partial charge in [0.1, 0.15) is 0 Å². The van der Waals surface area contributed by atoms with E-state index in [2.05, 4.69) is 6.58 Å². The smallest absolute Gasteiger partial charge is 0.223 e. The first kappa shape index (κ1) is 15.4. The summed E-state index contributed by atoms with van der Waals surface area (Å²) in [5.74, 6) is 0.122. The lowest BCUT2D eigenvalue weighted by Crippen LogP contribution is -2.30. The lowest BCUT2D eigenvalue weighted by molar-refractivity contribution is -0.130. The molecule has 0 aromatic heterocycles. The molecule has 0 radical (unpaired) electrons. The van der Waals surface area contributed by atoms with Gasteiger partial charge in [0.2, 0.25) is 5.91 Å². The highest BCUT2D eigenvalue weighted by Gasteiger charge is 2.16. The zero-order valence-corrected chi connectivity index (χ0v) is 11.7. The van der Waals surface area contributed by atoms with Crippen LogP contribution in [0.4, 0.5) is 0 Å². The molecule has 0 fully saturated rings. The van der Waals surface area contributed by atoms with Crippen LogP contribution >= 0.6 is 0 Å². The first-order chi connectivity index (χ1) is 9.04. The highest BCUT2D eigenvalue weighted by molar-refractivity contribution is 5.77. The molecule has 0 bridgehead atoms. The van der Waals surface area contributed by atoms with Crippen molar-refractivity contribution in [1.82, 2.24) is 4.90 Å². The average Bonchev–Trinajstić information content (AvgIpc) is 2.42. The summed E-state index contributed by atoms with van der Waals surface area (Å²) in [6.07, 6.45) is 2.46. The third kappa shape index (κ3) is 5.26. The monoisotopic (exact) mass is 261 g/mol. The molecule has 0 aliphatic carbocycles. The summed E-state index contributed by atoms with van der Waals surface area (Å²) in [6.45, 7) is 6.12. The van der Waals surface area contributed by atoms with Crippen LogP contribution in [-0.2, 0) is 4.79 Å². The second kappa shape index (κ2) is 7.74. The van der Waals surface area contributed by atoms with Gasteiger partial charge in [-0.2, -0.15) is 0 Å². The van der Waals surface area contributed by atoms with Crippen molar-refractivity contribution in [2.24, 2.45) is 0 Å². The van der Waals surface area contributed by atoms with Gasteiger partial charge in [0.25, 0.3) is 0 Å².